The molecule has 0 aromatic heterocycles. The van der Waals surface area contributed by atoms with E-state index in [-0.39, 0.29) is 24.9 Å². The lowest BCUT2D eigenvalue weighted by molar-refractivity contribution is -0.130. The summed E-state index contributed by atoms with van der Waals surface area (Å²) < 4.78 is 25.0. The number of carbonyl (C=O) groups is 1. The predicted octanol–water partition coefficient (Wildman–Crippen LogP) is 2.10. The summed E-state index contributed by atoms with van der Waals surface area (Å²) >= 11 is 0. The Morgan fingerprint density at radius 3 is 2.32 bits per heavy atom. The Kier molecular flexibility index (Phi) is 7.03. The second kappa shape index (κ2) is 8.29. The van der Waals surface area contributed by atoms with Crippen LogP contribution >= 0.6 is 0 Å². The summed E-state index contributed by atoms with van der Waals surface area (Å²) in [6, 6.07) is 9.63. The van der Waals surface area contributed by atoms with E-state index in [1.54, 1.807) is 11.9 Å². The van der Waals surface area contributed by atoms with Crippen molar-refractivity contribution in [3.63, 3.8) is 0 Å². The van der Waals surface area contributed by atoms with Crippen LogP contribution < -0.4 is 0 Å². The molecule has 5 nitrogen and oxygen atoms in total. The Balaban J connectivity index is 2.60. The highest BCUT2D eigenvalue weighted by Gasteiger charge is 2.23. The van der Waals surface area contributed by atoms with Crippen LogP contribution in [0.25, 0.3) is 0 Å². The van der Waals surface area contributed by atoms with Gasteiger partial charge in [-0.05, 0) is 18.9 Å². The summed E-state index contributed by atoms with van der Waals surface area (Å²) in [5.74, 6) is -0.0548. The molecule has 0 N–H and O–H groups in total. The number of sulfonamides is 1. The Bertz CT molecular complexity index is 572. The van der Waals surface area contributed by atoms with Gasteiger partial charge in [-0.15, -0.1) is 0 Å². The molecule has 0 aliphatic heterocycles. The fraction of sp³-hybridized carbons (Fsp3) is 0.562. The van der Waals surface area contributed by atoms with Gasteiger partial charge in [0.25, 0.3) is 0 Å². The van der Waals surface area contributed by atoms with Gasteiger partial charge in [0.05, 0.1) is 6.26 Å². The van der Waals surface area contributed by atoms with Crippen molar-refractivity contribution in [2.75, 3.05) is 19.8 Å². The summed E-state index contributed by atoms with van der Waals surface area (Å²) in [7, 11) is -1.55. The van der Waals surface area contributed by atoms with Crippen LogP contribution in [-0.2, 0) is 21.4 Å². The Morgan fingerprint density at radius 2 is 1.82 bits per heavy atom. The Morgan fingerprint density at radius 1 is 1.23 bits per heavy atom. The van der Waals surface area contributed by atoms with Crippen molar-refractivity contribution < 1.29 is 13.2 Å². The number of carbonyl (C=O) groups excluding carboxylic acids is 1. The van der Waals surface area contributed by atoms with Crippen molar-refractivity contribution in [3.05, 3.63) is 35.9 Å². The molecule has 1 unspecified atom stereocenters. The molecule has 0 radical (unpaired) electrons. The van der Waals surface area contributed by atoms with Gasteiger partial charge in [-0.2, -0.15) is 4.31 Å². The largest absolute Gasteiger partial charge is 0.341 e. The quantitative estimate of drug-likeness (QED) is 0.735. The minimum absolute atomic E-state index is 0.0548. The van der Waals surface area contributed by atoms with Gasteiger partial charge in [0.2, 0.25) is 15.9 Å². The van der Waals surface area contributed by atoms with Gasteiger partial charge in [-0.1, -0.05) is 37.3 Å². The molecule has 0 saturated heterocycles. The summed E-state index contributed by atoms with van der Waals surface area (Å²) in [6.45, 7) is 4.55. The maximum Gasteiger partial charge on any atom is 0.223 e. The van der Waals surface area contributed by atoms with Crippen LogP contribution in [0.2, 0.25) is 0 Å². The number of amides is 1. The first-order valence-electron chi connectivity index (χ1n) is 7.50. The van der Waals surface area contributed by atoms with Crippen LogP contribution in [0.1, 0.15) is 32.3 Å². The van der Waals surface area contributed by atoms with E-state index in [4.69, 9.17) is 0 Å². The smallest absolute Gasteiger partial charge is 0.223 e. The van der Waals surface area contributed by atoms with Gasteiger partial charge in [0.15, 0.2) is 0 Å². The highest BCUT2D eigenvalue weighted by Crippen LogP contribution is 2.11. The van der Waals surface area contributed by atoms with Crippen molar-refractivity contribution in [3.8, 4) is 0 Å². The van der Waals surface area contributed by atoms with Crippen LogP contribution in [-0.4, -0.2) is 49.4 Å². The summed E-state index contributed by atoms with van der Waals surface area (Å²) in [6.07, 6.45) is 2.11. The van der Waals surface area contributed by atoms with E-state index in [9.17, 15) is 13.2 Å². The molecule has 1 aromatic carbocycles. The van der Waals surface area contributed by atoms with Gasteiger partial charge in [-0.25, -0.2) is 8.42 Å². The number of benzene rings is 1. The minimum atomic E-state index is -3.29. The third-order valence-corrected chi connectivity index (χ3v) is 5.14. The third kappa shape index (κ3) is 5.77. The highest BCUT2D eigenvalue weighted by molar-refractivity contribution is 7.88. The lowest BCUT2D eigenvalue weighted by atomic mass is 10.2. The number of hydrogen-bond donors (Lipinski definition) is 0. The average Bonchev–Trinajstić information content (AvgIpc) is 2.46. The zero-order valence-corrected chi connectivity index (χ0v) is 14.6. The fourth-order valence-electron chi connectivity index (χ4n) is 2.26. The maximum absolute atomic E-state index is 12.2. The normalized spacial score (nSPS) is 13.1. The molecule has 0 heterocycles. The van der Waals surface area contributed by atoms with E-state index >= 15 is 0 Å². The second-order valence-corrected chi connectivity index (χ2v) is 7.55. The molecule has 1 rings (SSSR count). The van der Waals surface area contributed by atoms with Crippen molar-refractivity contribution in [2.45, 2.75) is 39.3 Å². The SMILES string of the molecule is CCC(C)N(CCC(=O)N(C)Cc1ccccc1)S(C)(=O)=O. The van der Waals surface area contributed by atoms with Crippen molar-refractivity contribution >= 4 is 15.9 Å². The molecule has 1 atom stereocenters. The summed E-state index contributed by atoms with van der Waals surface area (Å²) in [5.41, 5.74) is 1.06. The number of nitrogens with zero attached hydrogens (tertiary/aromatic N) is 2. The molecule has 124 valence electrons. The summed E-state index contributed by atoms with van der Waals surface area (Å²) in [5, 5.41) is 0. The van der Waals surface area contributed by atoms with Crippen molar-refractivity contribution in [1.29, 1.82) is 0 Å². The first kappa shape index (κ1) is 18.6. The molecule has 0 aliphatic carbocycles. The van der Waals surface area contributed by atoms with E-state index in [1.807, 2.05) is 44.2 Å². The van der Waals surface area contributed by atoms with E-state index in [2.05, 4.69) is 0 Å². The van der Waals surface area contributed by atoms with Gasteiger partial charge in [0.1, 0.15) is 0 Å². The van der Waals surface area contributed by atoms with Crippen LogP contribution in [0, 0.1) is 0 Å². The van der Waals surface area contributed by atoms with Gasteiger partial charge in [0, 0.05) is 32.6 Å². The van der Waals surface area contributed by atoms with Gasteiger partial charge >= 0.3 is 0 Å². The zero-order chi connectivity index (χ0) is 16.8. The predicted molar refractivity (Wildman–Crippen MR) is 88.8 cm³/mol. The third-order valence-electron chi connectivity index (χ3n) is 3.74. The standard InChI is InChI=1S/C16H26N2O3S/c1-5-14(2)18(22(4,20)21)12-11-16(19)17(3)13-15-9-7-6-8-10-15/h6-10,14H,5,11-13H2,1-4H3. The monoisotopic (exact) mass is 326 g/mol. The molecule has 22 heavy (non-hydrogen) atoms. The van der Waals surface area contributed by atoms with E-state index in [1.165, 1.54) is 10.6 Å². The molecule has 0 bridgehead atoms. The topological polar surface area (TPSA) is 57.7 Å². The molecule has 0 aliphatic rings. The van der Waals surface area contributed by atoms with Crippen LogP contribution in [0.5, 0.6) is 0 Å². The highest BCUT2D eigenvalue weighted by atomic mass is 32.2. The zero-order valence-electron chi connectivity index (χ0n) is 13.8. The van der Waals surface area contributed by atoms with Crippen LogP contribution in [0.15, 0.2) is 30.3 Å². The van der Waals surface area contributed by atoms with E-state index < -0.39 is 10.0 Å². The number of rotatable bonds is 8. The van der Waals surface area contributed by atoms with E-state index in [0.29, 0.717) is 6.54 Å². The first-order chi connectivity index (χ1) is 10.3. The van der Waals surface area contributed by atoms with Crippen molar-refractivity contribution in [2.24, 2.45) is 0 Å². The molecule has 1 amide bonds. The summed E-state index contributed by atoms with van der Waals surface area (Å²) in [4.78, 5) is 13.8. The van der Waals surface area contributed by atoms with Gasteiger partial charge < -0.3 is 4.90 Å². The molecular formula is C16H26N2O3S. The lowest BCUT2D eigenvalue weighted by Gasteiger charge is -2.26. The second-order valence-electron chi connectivity index (χ2n) is 5.62. The molecule has 6 heteroatoms. The van der Waals surface area contributed by atoms with Crippen LogP contribution in [0.4, 0.5) is 0 Å². The maximum atomic E-state index is 12.2. The molecule has 0 saturated carbocycles. The van der Waals surface area contributed by atoms with Crippen LogP contribution in [0.3, 0.4) is 0 Å². The molecule has 0 fully saturated rings. The lowest BCUT2D eigenvalue weighted by Crippen LogP contribution is -2.40. The average molecular weight is 326 g/mol. The van der Waals surface area contributed by atoms with Gasteiger partial charge in [-0.3, -0.25) is 4.79 Å². The Hall–Kier alpha value is -1.40. The van der Waals surface area contributed by atoms with Crippen molar-refractivity contribution in [1.82, 2.24) is 9.21 Å². The molecule has 0 spiro atoms. The fourth-order valence-corrected chi connectivity index (χ4v) is 3.48. The Labute approximate surface area is 134 Å². The minimum Gasteiger partial charge on any atom is -0.341 e. The van der Waals surface area contributed by atoms with E-state index in [0.717, 1.165) is 12.0 Å². The number of hydrogen-bond acceptors (Lipinski definition) is 3. The molecular weight excluding hydrogens is 300 g/mol. The first-order valence-corrected chi connectivity index (χ1v) is 9.35. The molecule has 1 aromatic rings.